The van der Waals surface area contributed by atoms with Crippen LogP contribution in [0.2, 0.25) is 0 Å². The Morgan fingerprint density at radius 2 is 0.526 bits per heavy atom. The van der Waals surface area contributed by atoms with Gasteiger partial charge in [0.05, 0.1) is 0 Å². The quantitative estimate of drug-likeness (QED) is 0.300. The molecule has 0 aromatic carbocycles. The van der Waals surface area contributed by atoms with Crippen LogP contribution in [0, 0.1) is 98.5 Å². The van der Waals surface area contributed by atoms with Gasteiger partial charge in [-0.25, -0.2) is 0 Å². The Balaban J connectivity index is 1.52. The summed E-state index contributed by atoms with van der Waals surface area (Å²) in [5.41, 5.74) is 6.10. The predicted octanol–water partition coefficient (Wildman–Crippen LogP) is 10.3. The van der Waals surface area contributed by atoms with Gasteiger partial charge in [0.2, 0.25) is 0 Å². The molecular weight excluding hydrogens is 456 g/mol. The monoisotopic (exact) mass is 516 g/mol. The number of rotatable bonds is 0. The molecule has 10 fully saturated rings. The third-order valence-electron chi connectivity index (χ3n) is 26.0. The highest BCUT2D eigenvalue weighted by atomic mass is 15.2. The molecule has 0 saturated heterocycles. The molecule has 0 amide bonds. The van der Waals surface area contributed by atoms with E-state index in [9.17, 15) is 0 Å². The fourth-order valence-electron chi connectivity index (χ4n) is 24.0. The largest absolute Gasteiger partial charge is 0.0614 e. The molecule has 0 N–H and O–H groups in total. The van der Waals surface area contributed by atoms with Crippen LogP contribution in [0.4, 0.5) is 0 Å². The first-order valence-electron chi connectivity index (χ1n) is 16.7. The summed E-state index contributed by atoms with van der Waals surface area (Å²) in [6, 6.07) is 0. The highest BCUT2D eigenvalue weighted by Crippen LogP contribution is 3.25. The molecule has 38 heavy (non-hydrogen) atoms. The maximum absolute atomic E-state index is 2.87. The summed E-state index contributed by atoms with van der Waals surface area (Å²) in [5, 5.41) is 0. The fourth-order valence-corrected chi connectivity index (χ4v) is 24.0. The molecule has 0 heterocycles. The molecule has 6 bridgehead atoms. The molecule has 0 aromatic heterocycles. The van der Waals surface area contributed by atoms with Crippen molar-refractivity contribution in [1.29, 1.82) is 0 Å². The van der Waals surface area contributed by atoms with Crippen LogP contribution in [-0.4, -0.2) is 0 Å². The summed E-state index contributed by atoms with van der Waals surface area (Å²) in [7, 11) is 0. The van der Waals surface area contributed by atoms with Crippen molar-refractivity contribution in [2.75, 3.05) is 0 Å². The van der Waals surface area contributed by atoms with E-state index in [2.05, 4.69) is 125 Å². The maximum atomic E-state index is 2.87. The van der Waals surface area contributed by atoms with Crippen molar-refractivity contribution in [3.05, 3.63) is 0 Å². The average molecular weight is 517 g/mol. The molecule has 10 aliphatic carbocycles. The molecule has 0 aliphatic heterocycles. The minimum absolute atomic E-state index is 0.370. The molecule has 10 rings (SSSR count). The van der Waals surface area contributed by atoms with E-state index in [1.807, 2.05) is 0 Å². The second-order valence-corrected chi connectivity index (χ2v) is 21.0. The van der Waals surface area contributed by atoms with E-state index in [1.54, 1.807) is 0 Å². The lowest BCUT2D eigenvalue weighted by Crippen LogP contribution is -3.18. The molecule has 18 unspecified atom stereocenters. The predicted molar refractivity (Wildman–Crippen MR) is 157 cm³/mol. The summed E-state index contributed by atoms with van der Waals surface area (Å²) in [4.78, 5) is 0. The molecule has 0 radical (unpaired) electrons. The van der Waals surface area contributed by atoms with Crippen molar-refractivity contribution < 1.29 is 0 Å². The zero-order valence-corrected chi connectivity index (χ0v) is 28.6. The zero-order valence-electron chi connectivity index (χ0n) is 28.6. The Morgan fingerprint density at radius 3 is 0.789 bits per heavy atom. The molecule has 10 saturated carbocycles. The zero-order chi connectivity index (χ0) is 28.6. The summed E-state index contributed by atoms with van der Waals surface area (Å²) in [6.45, 7) is 51.2. The third-order valence-corrected chi connectivity index (χ3v) is 26.0. The van der Waals surface area contributed by atoms with Gasteiger partial charge in [-0.05, 0) is 111 Å². The van der Waals surface area contributed by atoms with Crippen LogP contribution in [0.3, 0.4) is 0 Å². The molecular formula is C38H60. The SMILES string of the molecule is CC1C2(C)CC3(C)C1(C)C1(C)C3(C)C3(C)C1(C)C1(C)C4(C)C5(C)C6(C)CC2(C)C(C)C6(C)C5(C)C4(C)C31C. The van der Waals surface area contributed by atoms with Gasteiger partial charge < -0.3 is 0 Å². The van der Waals surface area contributed by atoms with Gasteiger partial charge in [0.1, 0.15) is 0 Å². The molecule has 10 aliphatic rings. The first kappa shape index (κ1) is 24.6. The van der Waals surface area contributed by atoms with Gasteiger partial charge in [-0.15, -0.1) is 0 Å². The van der Waals surface area contributed by atoms with E-state index in [4.69, 9.17) is 0 Å². The van der Waals surface area contributed by atoms with Crippen molar-refractivity contribution in [2.24, 2.45) is 98.5 Å². The first-order chi connectivity index (χ1) is 16.7. The molecule has 0 aromatic rings. The summed E-state index contributed by atoms with van der Waals surface area (Å²) in [5.74, 6) is 1.50. The van der Waals surface area contributed by atoms with Crippen LogP contribution in [0.5, 0.6) is 0 Å². The van der Waals surface area contributed by atoms with E-state index < -0.39 is 0 Å². The van der Waals surface area contributed by atoms with E-state index >= 15 is 0 Å². The van der Waals surface area contributed by atoms with Gasteiger partial charge in [0.25, 0.3) is 0 Å². The van der Waals surface area contributed by atoms with Crippen molar-refractivity contribution in [3.8, 4) is 0 Å². The van der Waals surface area contributed by atoms with Crippen LogP contribution < -0.4 is 0 Å². The van der Waals surface area contributed by atoms with Gasteiger partial charge in [-0.1, -0.05) is 125 Å². The van der Waals surface area contributed by atoms with Gasteiger partial charge in [-0.3, -0.25) is 0 Å². The third kappa shape index (κ3) is 0.945. The van der Waals surface area contributed by atoms with E-state index in [-0.39, 0.29) is 0 Å². The van der Waals surface area contributed by atoms with E-state index in [0.29, 0.717) is 86.6 Å². The first-order valence-corrected chi connectivity index (χ1v) is 16.7. The molecule has 18 atom stereocenters. The van der Waals surface area contributed by atoms with Gasteiger partial charge in [0.15, 0.2) is 0 Å². The Kier molecular flexibility index (Phi) is 2.87. The number of hydrogen-bond donors (Lipinski definition) is 0. The highest BCUT2D eigenvalue weighted by Gasteiger charge is 3.21. The smallest absolute Gasteiger partial charge is 0.0130 e. The van der Waals surface area contributed by atoms with E-state index in [1.165, 1.54) is 12.8 Å². The second kappa shape index (κ2) is 4.43. The lowest BCUT2D eigenvalue weighted by atomic mass is 8.82. The molecule has 0 spiro atoms. The number of hydrogen-bond acceptors (Lipinski definition) is 0. The maximum Gasteiger partial charge on any atom is -0.0130 e. The Bertz CT molecular complexity index is 1290. The molecule has 212 valence electrons. The van der Waals surface area contributed by atoms with Crippen LogP contribution in [0.25, 0.3) is 0 Å². The fraction of sp³-hybridized carbons (Fsp3) is 1.00. The molecule has 0 heteroatoms. The topological polar surface area (TPSA) is 0 Å². The van der Waals surface area contributed by atoms with Gasteiger partial charge in [-0.2, -0.15) is 0 Å². The lowest BCUT2D eigenvalue weighted by Gasteiger charge is -3.21. The van der Waals surface area contributed by atoms with E-state index in [0.717, 1.165) is 11.8 Å². The summed E-state index contributed by atoms with van der Waals surface area (Å²) >= 11 is 0. The van der Waals surface area contributed by atoms with Crippen molar-refractivity contribution in [3.63, 3.8) is 0 Å². The standard InChI is InChI=1S/C38H60/c1-21-23(3)19-25(5)27(21,7)31(11)29(25,9)33(13)35(31,15)37(17)34(14)30(10)26(6)20-24(23,4)22(2)28(26,8)32(30,12)36(34,16)38(33,37)18/h21-22H,19-20H2,1-18H3. The highest BCUT2D eigenvalue weighted by molar-refractivity contribution is 5.67. The van der Waals surface area contributed by atoms with Crippen LogP contribution in [0.15, 0.2) is 0 Å². The summed E-state index contributed by atoms with van der Waals surface area (Å²) < 4.78 is 0. The van der Waals surface area contributed by atoms with Crippen LogP contribution in [0.1, 0.15) is 137 Å². The van der Waals surface area contributed by atoms with Crippen molar-refractivity contribution in [2.45, 2.75) is 137 Å². The van der Waals surface area contributed by atoms with Crippen molar-refractivity contribution >= 4 is 0 Å². The lowest BCUT2D eigenvalue weighted by molar-refractivity contribution is -0.749. The van der Waals surface area contributed by atoms with Crippen LogP contribution in [-0.2, 0) is 0 Å². The van der Waals surface area contributed by atoms with Gasteiger partial charge in [0, 0.05) is 0 Å². The van der Waals surface area contributed by atoms with Gasteiger partial charge >= 0.3 is 0 Å². The second-order valence-electron chi connectivity index (χ2n) is 21.0. The Labute approximate surface area is 235 Å². The Morgan fingerprint density at radius 1 is 0.316 bits per heavy atom. The van der Waals surface area contributed by atoms with Crippen molar-refractivity contribution in [1.82, 2.24) is 0 Å². The Hall–Kier alpha value is 0. The summed E-state index contributed by atoms with van der Waals surface area (Å²) in [6.07, 6.45) is 2.88. The normalized spacial score (nSPS) is 89.2. The minimum atomic E-state index is 0.370. The minimum Gasteiger partial charge on any atom is -0.0614 e. The van der Waals surface area contributed by atoms with Crippen LogP contribution >= 0.6 is 0 Å². The molecule has 0 nitrogen and oxygen atoms in total. The average Bonchev–Trinajstić information content (AvgIpc) is 3.13.